The summed E-state index contributed by atoms with van der Waals surface area (Å²) >= 11 is 1.33. The molecule has 1 aromatic carbocycles. The molecule has 0 bridgehead atoms. The summed E-state index contributed by atoms with van der Waals surface area (Å²) in [5, 5.41) is 11.6. The van der Waals surface area contributed by atoms with E-state index >= 15 is 0 Å². The number of nitriles is 1. The van der Waals surface area contributed by atoms with E-state index < -0.39 is 6.61 Å². The predicted molar refractivity (Wildman–Crippen MR) is 73.4 cm³/mol. The lowest BCUT2D eigenvalue weighted by Gasteiger charge is -2.07. The topological polar surface area (TPSA) is 45.9 Å². The number of aryl methyl sites for hydroxylation is 1. The maximum Gasteiger partial charge on any atom is 0.387 e. The van der Waals surface area contributed by atoms with Crippen molar-refractivity contribution in [2.24, 2.45) is 0 Å². The van der Waals surface area contributed by atoms with Crippen molar-refractivity contribution in [3.05, 3.63) is 45.9 Å². The number of thiazole rings is 1. The summed E-state index contributed by atoms with van der Waals surface area (Å²) in [5.74, 6) is 0.0310. The molecule has 0 aliphatic heterocycles. The lowest BCUT2D eigenvalue weighted by molar-refractivity contribution is -0.0499. The van der Waals surface area contributed by atoms with E-state index in [0.29, 0.717) is 16.1 Å². The van der Waals surface area contributed by atoms with Gasteiger partial charge in [-0.05, 0) is 19.1 Å². The van der Waals surface area contributed by atoms with Gasteiger partial charge in [0, 0.05) is 16.6 Å². The Morgan fingerprint density at radius 1 is 1.45 bits per heavy atom. The minimum absolute atomic E-state index is 0.0310. The van der Waals surface area contributed by atoms with E-state index in [2.05, 4.69) is 9.72 Å². The van der Waals surface area contributed by atoms with E-state index in [-0.39, 0.29) is 5.75 Å². The molecule has 20 heavy (non-hydrogen) atoms. The normalized spacial score (nSPS) is 11.4. The number of para-hydroxylation sites is 1. The van der Waals surface area contributed by atoms with E-state index in [1.807, 2.05) is 18.4 Å². The maximum atomic E-state index is 12.3. The molecule has 0 atom stereocenters. The average Bonchev–Trinajstić information content (AvgIpc) is 2.83. The van der Waals surface area contributed by atoms with Gasteiger partial charge in [-0.15, -0.1) is 11.3 Å². The molecule has 0 spiro atoms. The standard InChI is InChI=1S/C14H10F2N2OS/c1-9-8-20-13(18-9)11(7-17)6-10-4-2-3-5-12(10)19-14(15)16/h2-6,8,14H,1H3/b11-6+. The van der Waals surface area contributed by atoms with Crippen LogP contribution < -0.4 is 4.74 Å². The fraction of sp³-hybridized carbons (Fsp3) is 0.143. The van der Waals surface area contributed by atoms with Crippen molar-refractivity contribution in [3.8, 4) is 11.8 Å². The van der Waals surface area contributed by atoms with Crippen molar-refractivity contribution in [3.63, 3.8) is 0 Å². The summed E-state index contributed by atoms with van der Waals surface area (Å²) in [6.45, 7) is -1.08. The van der Waals surface area contributed by atoms with E-state index in [0.717, 1.165) is 5.69 Å². The van der Waals surface area contributed by atoms with Crippen LogP contribution in [0.15, 0.2) is 29.6 Å². The van der Waals surface area contributed by atoms with Crippen molar-refractivity contribution in [1.29, 1.82) is 5.26 Å². The first-order chi connectivity index (χ1) is 9.60. The van der Waals surface area contributed by atoms with Crippen LogP contribution in [0.1, 0.15) is 16.3 Å². The fourth-order valence-electron chi connectivity index (χ4n) is 1.58. The first-order valence-corrected chi connectivity index (χ1v) is 6.56. The van der Waals surface area contributed by atoms with Crippen LogP contribution in [0.25, 0.3) is 11.6 Å². The van der Waals surface area contributed by atoms with Crippen LogP contribution in [-0.4, -0.2) is 11.6 Å². The third kappa shape index (κ3) is 3.39. The molecule has 0 fully saturated rings. The Hall–Kier alpha value is -2.26. The monoisotopic (exact) mass is 292 g/mol. The highest BCUT2D eigenvalue weighted by atomic mass is 32.1. The first kappa shape index (κ1) is 14.2. The number of rotatable bonds is 4. The van der Waals surface area contributed by atoms with Crippen molar-refractivity contribution >= 4 is 23.0 Å². The van der Waals surface area contributed by atoms with Crippen LogP contribution in [0.3, 0.4) is 0 Å². The Balaban J connectivity index is 2.40. The highest BCUT2D eigenvalue weighted by molar-refractivity contribution is 7.11. The summed E-state index contributed by atoms with van der Waals surface area (Å²) < 4.78 is 29.1. The van der Waals surface area contributed by atoms with Crippen molar-refractivity contribution in [2.75, 3.05) is 0 Å². The third-order valence-electron chi connectivity index (χ3n) is 2.40. The number of benzene rings is 1. The highest BCUT2D eigenvalue weighted by Gasteiger charge is 2.10. The molecule has 0 radical (unpaired) electrons. The predicted octanol–water partition coefficient (Wildman–Crippen LogP) is 4.12. The number of aromatic nitrogens is 1. The van der Waals surface area contributed by atoms with Crippen LogP contribution in [0.2, 0.25) is 0 Å². The smallest absolute Gasteiger partial charge is 0.387 e. The molecule has 0 N–H and O–H groups in total. The van der Waals surface area contributed by atoms with Crippen LogP contribution >= 0.6 is 11.3 Å². The molecule has 2 rings (SSSR count). The molecular weight excluding hydrogens is 282 g/mol. The summed E-state index contributed by atoms with van der Waals surface area (Å²) in [5.41, 5.74) is 1.54. The number of halogens is 2. The lowest BCUT2D eigenvalue weighted by Crippen LogP contribution is -2.03. The molecule has 1 heterocycles. The zero-order chi connectivity index (χ0) is 14.5. The summed E-state index contributed by atoms with van der Waals surface area (Å²) in [6, 6.07) is 8.34. The van der Waals surface area contributed by atoms with E-state index in [1.54, 1.807) is 18.2 Å². The molecule has 102 valence electrons. The second kappa shape index (κ2) is 6.26. The van der Waals surface area contributed by atoms with Crippen LogP contribution in [0.5, 0.6) is 5.75 Å². The van der Waals surface area contributed by atoms with E-state index in [4.69, 9.17) is 0 Å². The van der Waals surface area contributed by atoms with Crippen molar-refractivity contribution < 1.29 is 13.5 Å². The minimum Gasteiger partial charge on any atom is -0.434 e. The van der Waals surface area contributed by atoms with Crippen molar-refractivity contribution in [2.45, 2.75) is 13.5 Å². The number of alkyl halides is 2. The maximum absolute atomic E-state index is 12.3. The zero-order valence-electron chi connectivity index (χ0n) is 10.5. The Morgan fingerprint density at radius 2 is 2.20 bits per heavy atom. The summed E-state index contributed by atoms with van der Waals surface area (Å²) in [4.78, 5) is 4.21. The molecule has 6 heteroatoms. The van der Waals surface area contributed by atoms with Gasteiger partial charge in [0.1, 0.15) is 16.8 Å². The quantitative estimate of drug-likeness (QED) is 0.796. The van der Waals surface area contributed by atoms with Crippen LogP contribution in [0, 0.1) is 18.3 Å². The number of nitrogens with zero attached hydrogens (tertiary/aromatic N) is 2. The van der Waals surface area contributed by atoms with Gasteiger partial charge in [0.2, 0.25) is 0 Å². The molecule has 0 unspecified atom stereocenters. The van der Waals surface area contributed by atoms with Gasteiger partial charge in [0.15, 0.2) is 0 Å². The molecule has 2 aromatic rings. The third-order valence-corrected chi connectivity index (χ3v) is 3.40. The lowest BCUT2D eigenvalue weighted by atomic mass is 10.1. The van der Waals surface area contributed by atoms with Gasteiger partial charge in [-0.25, -0.2) is 4.98 Å². The molecule has 3 nitrogen and oxygen atoms in total. The van der Waals surface area contributed by atoms with Crippen LogP contribution in [0.4, 0.5) is 8.78 Å². The second-order valence-corrected chi connectivity index (χ2v) is 4.74. The number of allylic oxidation sites excluding steroid dienone is 1. The van der Waals surface area contributed by atoms with Gasteiger partial charge < -0.3 is 4.74 Å². The van der Waals surface area contributed by atoms with Gasteiger partial charge in [-0.1, -0.05) is 18.2 Å². The highest BCUT2D eigenvalue weighted by Crippen LogP contribution is 2.27. The second-order valence-electron chi connectivity index (χ2n) is 3.88. The summed E-state index contributed by atoms with van der Waals surface area (Å²) in [7, 11) is 0. The largest absolute Gasteiger partial charge is 0.434 e. The van der Waals surface area contributed by atoms with Gasteiger partial charge in [-0.3, -0.25) is 0 Å². The molecule has 0 aliphatic carbocycles. The molecule has 0 saturated carbocycles. The molecule has 0 aliphatic rings. The molecular formula is C14H10F2N2OS. The van der Waals surface area contributed by atoms with Gasteiger partial charge >= 0.3 is 6.61 Å². The summed E-state index contributed by atoms with van der Waals surface area (Å²) in [6.07, 6.45) is 1.50. The van der Waals surface area contributed by atoms with Gasteiger partial charge in [0.25, 0.3) is 0 Å². The molecule has 0 amide bonds. The van der Waals surface area contributed by atoms with Gasteiger partial charge in [-0.2, -0.15) is 14.0 Å². The minimum atomic E-state index is -2.91. The van der Waals surface area contributed by atoms with Crippen molar-refractivity contribution in [1.82, 2.24) is 4.98 Å². The Labute approximate surface area is 118 Å². The Kier molecular flexibility index (Phi) is 4.43. The van der Waals surface area contributed by atoms with Crippen LogP contribution in [-0.2, 0) is 0 Å². The Morgan fingerprint density at radius 3 is 2.80 bits per heavy atom. The fourth-order valence-corrected chi connectivity index (χ4v) is 2.34. The van der Waals surface area contributed by atoms with E-state index in [9.17, 15) is 14.0 Å². The number of ether oxygens (including phenoxy) is 1. The SMILES string of the molecule is Cc1csc(/C(C#N)=C/c2ccccc2OC(F)F)n1. The average molecular weight is 292 g/mol. The Bertz CT molecular complexity index is 674. The van der Waals surface area contributed by atoms with E-state index in [1.165, 1.54) is 23.5 Å². The van der Waals surface area contributed by atoms with Gasteiger partial charge in [0.05, 0.1) is 5.57 Å². The zero-order valence-corrected chi connectivity index (χ0v) is 11.3. The number of hydrogen-bond acceptors (Lipinski definition) is 4. The molecule has 1 aromatic heterocycles. The first-order valence-electron chi connectivity index (χ1n) is 5.68. The molecule has 0 saturated heterocycles. The number of hydrogen-bond donors (Lipinski definition) is 0.